The highest BCUT2D eigenvalue weighted by Crippen LogP contribution is 2.46. The van der Waals surface area contributed by atoms with E-state index >= 15 is 0 Å². The van der Waals surface area contributed by atoms with E-state index in [2.05, 4.69) is 95.9 Å². The highest BCUT2D eigenvalue weighted by molar-refractivity contribution is 5.57. The minimum atomic E-state index is -0.0656. The van der Waals surface area contributed by atoms with Crippen LogP contribution in [0, 0.1) is 0 Å². The van der Waals surface area contributed by atoms with Gasteiger partial charge in [0.25, 0.3) is 0 Å². The summed E-state index contributed by atoms with van der Waals surface area (Å²) in [4.78, 5) is 2.58. The molecule has 0 bridgehead atoms. The summed E-state index contributed by atoms with van der Waals surface area (Å²) in [5.74, 6) is 0. The summed E-state index contributed by atoms with van der Waals surface area (Å²) in [5, 5.41) is 0. The van der Waals surface area contributed by atoms with E-state index in [0.29, 0.717) is 0 Å². The predicted molar refractivity (Wildman–Crippen MR) is 96.7 cm³/mol. The van der Waals surface area contributed by atoms with Crippen molar-refractivity contribution in [3.8, 4) is 0 Å². The van der Waals surface area contributed by atoms with Gasteiger partial charge in [-0.3, -0.25) is 0 Å². The zero-order chi connectivity index (χ0) is 15.5. The molecule has 0 atom stereocenters. The van der Waals surface area contributed by atoms with Crippen LogP contribution >= 0.6 is 0 Å². The first-order valence-corrected chi connectivity index (χ1v) is 8.35. The summed E-state index contributed by atoms with van der Waals surface area (Å²) in [6, 6.07) is 32.7. The molecule has 1 nitrogen and oxygen atoms in total. The van der Waals surface area contributed by atoms with E-state index in [1.165, 1.54) is 23.2 Å². The van der Waals surface area contributed by atoms with Crippen LogP contribution in [0.5, 0.6) is 0 Å². The average Bonchev–Trinajstić information content (AvgIpc) is 3.10. The monoisotopic (exact) mass is 299 g/mol. The van der Waals surface area contributed by atoms with E-state index in [1.54, 1.807) is 0 Å². The fraction of sp³-hybridized carbons (Fsp3) is 0.182. The van der Waals surface area contributed by atoms with Gasteiger partial charge in [-0.25, -0.2) is 0 Å². The minimum absolute atomic E-state index is 0.0656. The second kappa shape index (κ2) is 5.92. The number of benzene rings is 3. The van der Waals surface area contributed by atoms with Gasteiger partial charge in [-0.15, -0.1) is 0 Å². The molecule has 23 heavy (non-hydrogen) atoms. The zero-order valence-corrected chi connectivity index (χ0v) is 13.2. The van der Waals surface area contributed by atoms with E-state index < -0.39 is 0 Å². The van der Waals surface area contributed by atoms with E-state index in [1.807, 2.05) is 0 Å². The number of nitrogens with zero attached hydrogens (tertiary/aromatic N) is 1. The van der Waals surface area contributed by atoms with E-state index in [0.717, 1.165) is 13.0 Å². The standard InChI is InChI=1S/C22H21N/c1-4-11-19(12-5-1)22(20-13-6-2-7-14-20)17-10-18-23(22)21-15-8-3-9-16-21/h1-9,11-16H,10,17-18H2. The van der Waals surface area contributed by atoms with Crippen molar-refractivity contribution < 1.29 is 0 Å². The highest BCUT2D eigenvalue weighted by atomic mass is 15.2. The third-order valence-corrected chi connectivity index (χ3v) is 4.95. The van der Waals surface area contributed by atoms with Crippen molar-refractivity contribution in [2.75, 3.05) is 11.4 Å². The molecule has 4 rings (SSSR count). The van der Waals surface area contributed by atoms with Crippen molar-refractivity contribution in [3.63, 3.8) is 0 Å². The largest absolute Gasteiger partial charge is 0.358 e. The Morgan fingerprint density at radius 1 is 0.609 bits per heavy atom. The van der Waals surface area contributed by atoms with Crippen LogP contribution < -0.4 is 4.90 Å². The van der Waals surface area contributed by atoms with Crippen LogP contribution in [0.2, 0.25) is 0 Å². The molecule has 1 heteroatoms. The number of hydrogen-bond acceptors (Lipinski definition) is 1. The molecular formula is C22H21N. The fourth-order valence-corrected chi connectivity index (χ4v) is 3.97. The average molecular weight is 299 g/mol. The van der Waals surface area contributed by atoms with Gasteiger partial charge < -0.3 is 4.90 Å². The number of para-hydroxylation sites is 1. The van der Waals surface area contributed by atoms with Crippen LogP contribution in [0.4, 0.5) is 5.69 Å². The Hall–Kier alpha value is -2.54. The Morgan fingerprint density at radius 2 is 1.09 bits per heavy atom. The molecule has 114 valence electrons. The molecule has 3 aromatic rings. The molecule has 0 amide bonds. The lowest BCUT2D eigenvalue weighted by Gasteiger charge is -2.41. The molecule has 0 aromatic heterocycles. The first-order chi connectivity index (χ1) is 11.4. The van der Waals surface area contributed by atoms with Gasteiger partial charge in [-0.1, -0.05) is 78.9 Å². The Kier molecular flexibility index (Phi) is 3.63. The molecule has 1 aliphatic heterocycles. The predicted octanol–water partition coefficient (Wildman–Crippen LogP) is 5.23. The topological polar surface area (TPSA) is 3.24 Å². The summed E-state index contributed by atoms with van der Waals surface area (Å²) < 4.78 is 0. The van der Waals surface area contributed by atoms with E-state index in [9.17, 15) is 0 Å². The Bertz CT molecular complexity index is 710. The molecule has 0 saturated carbocycles. The summed E-state index contributed by atoms with van der Waals surface area (Å²) >= 11 is 0. The minimum Gasteiger partial charge on any atom is -0.358 e. The Balaban J connectivity index is 1.93. The second-order valence-corrected chi connectivity index (χ2v) is 6.18. The molecule has 1 saturated heterocycles. The van der Waals surface area contributed by atoms with Crippen LogP contribution in [0.15, 0.2) is 91.0 Å². The fourth-order valence-electron chi connectivity index (χ4n) is 3.97. The third-order valence-electron chi connectivity index (χ3n) is 4.95. The van der Waals surface area contributed by atoms with E-state index in [-0.39, 0.29) is 5.54 Å². The molecule has 1 aliphatic rings. The molecule has 0 spiro atoms. The number of hydrogen-bond donors (Lipinski definition) is 0. The van der Waals surface area contributed by atoms with Gasteiger partial charge in [-0.05, 0) is 36.1 Å². The Morgan fingerprint density at radius 3 is 1.61 bits per heavy atom. The van der Waals surface area contributed by atoms with Gasteiger partial charge in [-0.2, -0.15) is 0 Å². The van der Waals surface area contributed by atoms with Crippen molar-refractivity contribution in [1.29, 1.82) is 0 Å². The SMILES string of the molecule is c1ccc(N2CCCC2(c2ccccc2)c2ccccc2)cc1. The molecule has 0 aliphatic carbocycles. The third kappa shape index (κ3) is 2.33. The summed E-state index contributed by atoms with van der Waals surface area (Å²) in [7, 11) is 0. The molecule has 0 unspecified atom stereocenters. The van der Waals surface area contributed by atoms with Gasteiger partial charge in [0, 0.05) is 12.2 Å². The van der Waals surface area contributed by atoms with E-state index in [4.69, 9.17) is 0 Å². The van der Waals surface area contributed by atoms with Gasteiger partial charge in [0.05, 0.1) is 5.54 Å². The summed E-state index contributed by atoms with van der Waals surface area (Å²) in [5.41, 5.74) is 4.00. The second-order valence-electron chi connectivity index (χ2n) is 6.18. The smallest absolute Gasteiger partial charge is 0.0906 e. The molecular weight excluding hydrogens is 278 g/mol. The highest BCUT2D eigenvalue weighted by Gasteiger charge is 2.43. The molecule has 3 aromatic carbocycles. The van der Waals surface area contributed by atoms with Crippen LogP contribution in [-0.2, 0) is 5.54 Å². The van der Waals surface area contributed by atoms with Crippen LogP contribution in [-0.4, -0.2) is 6.54 Å². The van der Waals surface area contributed by atoms with Crippen LogP contribution in [0.25, 0.3) is 0 Å². The molecule has 1 heterocycles. The summed E-state index contributed by atoms with van der Waals surface area (Å²) in [6.45, 7) is 1.09. The lowest BCUT2D eigenvalue weighted by molar-refractivity contribution is 0.536. The maximum Gasteiger partial charge on any atom is 0.0906 e. The van der Waals surface area contributed by atoms with Gasteiger partial charge >= 0.3 is 0 Å². The van der Waals surface area contributed by atoms with Gasteiger partial charge in [0.2, 0.25) is 0 Å². The maximum absolute atomic E-state index is 2.58. The van der Waals surface area contributed by atoms with Crippen LogP contribution in [0.3, 0.4) is 0 Å². The number of rotatable bonds is 3. The zero-order valence-electron chi connectivity index (χ0n) is 13.2. The van der Waals surface area contributed by atoms with Crippen molar-refractivity contribution in [3.05, 3.63) is 102 Å². The molecule has 1 fully saturated rings. The summed E-state index contributed by atoms with van der Waals surface area (Å²) in [6.07, 6.45) is 2.36. The molecule has 0 N–H and O–H groups in total. The molecule has 0 radical (unpaired) electrons. The van der Waals surface area contributed by atoms with Crippen molar-refractivity contribution >= 4 is 5.69 Å². The first-order valence-electron chi connectivity index (χ1n) is 8.35. The van der Waals surface area contributed by atoms with Crippen molar-refractivity contribution in [1.82, 2.24) is 0 Å². The van der Waals surface area contributed by atoms with Crippen molar-refractivity contribution in [2.24, 2.45) is 0 Å². The lowest BCUT2D eigenvalue weighted by atomic mass is 9.80. The Labute approximate surface area is 138 Å². The van der Waals surface area contributed by atoms with Gasteiger partial charge in [0.15, 0.2) is 0 Å². The number of anilines is 1. The van der Waals surface area contributed by atoms with Crippen LogP contribution in [0.1, 0.15) is 24.0 Å². The maximum atomic E-state index is 2.58. The van der Waals surface area contributed by atoms with Gasteiger partial charge in [0.1, 0.15) is 0 Å². The normalized spacial score (nSPS) is 16.4. The lowest BCUT2D eigenvalue weighted by Crippen LogP contribution is -2.42. The quantitative estimate of drug-likeness (QED) is 0.640. The van der Waals surface area contributed by atoms with Crippen molar-refractivity contribution in [2.45, 2.75) is 18.4 Å². The first kappa shape index (κ1) is 14.1.